The van der Waals surface area contributed by atoms with Crippen molar-refractivity contribution in [2.75, 3.05) is 5.75 Å². The van der Waals surface area contributed by atoms with E-state index in [1.807, 2.05) is 4.57 Å². The molecule has 5 heteroatoms. The second kappa shape index (κ2) is 6.47. The van der Waals surface area contributed by atoms with Crippen LogP contribution in [0.2, 0.25) is 0 Å². The second-order valence-corrected chi connectivity index (χ2v) is 10.1. The Balaban J connectivity index is 1.33. The third kappa shape index (κ3) is 3.04. The SMILES string of the molecule is Cc1ccc(-n2cnnc2SCC(=O)C23CC4CC(CC(C4)C2)C3)c(C)c1. The van der Waals surface area contributed by atoms with Crippen LogP contribution < -0.4 is 0 Å². The number of aromatic nitrogens is 3. The van der Waals surface area contributed by atoms with Crippen LogP contribution in [-0.2, 0) is 4.79 Å². The predicted octanol–water partition coefficient (Wildman–Crippen LogP) is 4.76. The molecule has 1 aromatic heterocycles. The van der Waals surface area contributed by atoms with Crippen molar-refractivity contribution in [1.29, 1.82) is 0 Å². The van der Waals surface area contributed by atoms with E-state index < -0.39 is 0 Å². The quantitative estimate of drug-likeness (QED) is 0.701. The van der Waals surface area contributed by atoms with E-state index in [-0.39, 0.29) is 5.41 Å². The lowest BCUT2D eigenvalue weighted by molar-refractivity contribution is -0.141. The van der Waals surface area contributed by atoms with Gasteiger partial charge in [0.25, 0.3) is 0 Å². The largest absolute Gasteiger partial charge is 0.298 e. The summed E-state index contributed by atoms with van der Waals surface area (Å²) in [7, 11) is 0. The number of carbonyl (C=O) groups is 1. The minimum Gasteiger partial charge on any atom is -0.298 e. The van der Waals surface area contributed by atoms with E-state index in [0.717, 1.165) is 47.9 Å². The number of ketones is 1. The molecule has 0 amide bonds. The van der Waals surface area contributed by atoms with Crippen LogP contribution in [0.1, 0.15) is 49.7 Å². The molecule has 6 rings (SSSR count). The standard InChI is InChI=1S/C22H27N3OS/c1-14-3-4-19(15(2)5-14)25-13-23-24-21(25)27-12-20(26)22-9-16-6-17(10-22)8-18(7-16)11-22/h3-5,13,16-18H,6-12H2,1-2H3. The fourth-order valence-electron chi connectivity index (χ4n) is 6.30. The van der Waals surface area contributed by atoms with Gasteiger partial charge in [-0.25, -0.2) is 0 Å². The highest BCUT2D eigenvalue weighted by Gasteiger charge is 2.54. The molecule has 0 radical (unpaired) electrons. The third-order valence-corrected chi connectivity index (χ3v) is 8.03. The lowest BCUT2D eigenvalue weighted by atomic mass is 9.48. The molecule has 27 heavy (non-hydrogen) atoms. The van der Waals surface area contributed by atoms with Crippen molar-refractivity contribution in [3.63, 3.8) is 0 Å². The summed E-state index contributed by atoms with van der Waals surface area (Å²) in [6.45, 7) is 4.21. The average molecular weight is 382 g/mol. The monoisotopic (exact) mass is 381 g/mol. The van der Waals surface area contributed by atoms with Gasteiger partial charge in [-0.2, -0.15) is 0 Å². The molecule has 4 fully saturated rings. The molecule has 1 aromatic carbocycles. The zero-order valence-corrected chi connectivity index (χ0v) is 17.0. The number of hydrogen-bond donors (Lipinski definition) is 0. The first-order valence-corrected chi connectivity index (χ1v) is 11.1. The van der Waals surface area contributed by atoms with Gasteiger partial charge in [0.2, 0.25) is 0 Å². The lowest BCUT2D eigenvalue weighted by Gasteiger charge is -2.56. The summed E-state index contributed by atoms with van der Waals surface area (Å²) < 4.78 is 2.02. The van der Waals surface area contributed by atoms with Crippen molar-refractivity contribution in [2.45, 2.75) is 57.5 Å². The summed E-state index contributed by atoms with van der Waals surface area (Å²) in [5.74, 6) is 3.41. The Morgan fingerprint density at radius 3 is 2.44 bits per heavy atom. The van der Waals surface area contributed by atoms with Crippen molar-refractivity contribution < 1.29 is 4.79 Å². The first kappa shape index (κ1) is 17.5. The van der Waals surface area contributed by atoms with Crippen molar-refractivity contribution in [1.82, 2.24) is 14.8 Å². The Bertz CT molecular complexity index is 852. The van der Waals surface area contributed by atoms with E-state index in [1.54, 1.807) is 18.1 Å². The minimum absolute atomic E-state index is 0.0215. The number of nitrogens with zero attached hydrogens (tertiary/aromatic N) is 3. The Labute approximate surface area is 165 Å². The van der Waals surface area contributed by atoms with Gasteiger partial charge in [0, 0.05) is 5.41 Å². The molecule has 4 bridgehead atoms. The highest BCUT2D eigenvalue weighted by Crippen LogP contribution is 2.60. The summed E-state index contributed by atoms with van der Waals surface area (Å²) in [5, 5.41) is 9.23. The number of benzene rings is 1. The van der Waals surface area contributed by atoms with Gasteiger partial charge in [-0.15, -0.1) is 10.2 Å². The average Bonchev–Trinajstić information content (AvgIpc) is 3.06. The number of Topliss-reactive ketones (excluding diaryl/α,β-unsaturated/α-hetero) is 1. The number of carbonyl (C=O) groups excluding carboxylic acids is 1. The minimum atomic E-state index is -0.0215. The molecule has 4 nitrogen and oxygen atoms in total. The normalized spacial score (nSPS) is 31.4. The molecule has 0 saturated heterocycles. The van der Waals surface area contributed by atoms with Crippen LogP contribution in [0.25, 0.3) is 5.69 Å². The molecule has 2 aromatic rings. The molecule has 0 unspecified atom stereocenters. The van der Waals surface area contributed by atoms with E-state index in [2.05, 4.69) is 42.2 Å². The topological polar surface area (TPSA) is 47.8 Å². The maximum Gasteiger partial charge on any atom is 0.196 e. The van der Waals surface area contributed by atoms with Crippen molar-refractivity contribution in [2.24, 2.45) is 23.2 Å². The van der Waals surface area contributed by atoms with Gasteiger partial charge in [-0.3, -0.25) is 9.36 Å². The zero-order valence-electron chi connectivity index (χ0n) is 16.1. The summed E-state index contributed by atoms with van der Waals surface area (Å²) in [5.41, 5.74) is 3.52. The molecular weight excluding hydrogens is 354 g/mol. The Hall–Kier alpha value is -1.62. The number of aryl methyl sites for hydroxylation is 2. The number of rotatable bonds is 5. The molecule has 0 N–H and O–H groups in total. The summed E-state index contributed by atoms with van der Waals surface area (Å²) >= 11 is 1.56. The van der Waals surface area contributed by atoms with E-state index in [9.17, 15) is 4.79 Å². The molecule has 4 aliphatic carbocycles. The Morgan fingerprint density at radius 2 is 1.81 bits per heavy atom. The highest BCUT2D eigenvalue weighted by atomic mass is 32.2. The van der Waals surface area contributed by atoms with Crippen LogP contribution in [0.15, 0.2) is 29.7 Å². The van der Waals surface area contributed by atoms with Gasteiger partial charge in [0.15, 0.2) is 5.16 Å². The molecule has 1 heterocycles. The fraction of sp³-hybridized carbons (Fsp3) is 0.591. The van der Waals surface area contributed by atoms with Crippen molar-refractivity contribution in [3.8, 4) is 5.69 Å². The van der Waals surface area contributed by atoms with Crippen LogP contribution in [0.5, 0.6) is 0 Å². The van der Waals surface area contributed by atoms with Crippen molar-refractivity contribution >= 4 is 17.5 Å². The van der Waals surface area contributed by atoms with Gasteiger partial charge in [-0.1, -0.05) is 29.5 Å². The molecule has 0 aliphatic heterocycles. The maximum atomic E-state index is 13.3. The van der Waals surface area contributed by atoms with E-state index in [1.165, 1.54) is 30.4 Å². The van der Waals surface area contributed by atoms with Gasteiger partial charge < -0.3 is 0 Å². The van der Waals surface area contributed by atoms with Gasteiger partial charge in [-0.05, 0) is 81.8 Å². The lowest BCUT2D eigenvalue weighted by Crippen LogP contribution is -2.50. The van der Waals surface area contributed by atoms with E-state index in [4.69, 9.17) is 0 Å². The second-order valence-electron chi connectivity index (χ2n) is 9.18. The number of hydrogen-bond acceptors (Lipinski definition) is 4. The van der Waals surface area contributed by atoms with Crippen LogP contribution in [0, 0.1) is 37.0 Å². The fourth-order valence-corrected chi connectivity index (χ4v) is 7.25. The molecule has 4 aliphatic rings. The van der Waals surface area contributed by atoms with Gasteiger partial charge >= 0.3 is 0 Å². The molecule has 142 valence electrons. The van der Waals surface area contributed by atoms with E-state index >= 15 is 0 Å². The summed E-state index contributed by atoms with van der Waals surface area (Å²) in [6.07, 6.45) is 9.31. The molecular formula is C22H27N3OS. The van der Waals surface area contributed by atoms with Crippen molar-refractivity contribution in [3.05, 3.63) is 35.7 Å². The molecule has 0 spiro atoms. The van der Waals surface area contributed by atoms with Gasteiger partial charge in [0.1, 0.15) is 12.1 Å². The third-order valence-electron chi connectivity index (χ3n) is 7.09. The predicted molar refractivity (Wildman–Crippen MR) is 107 cm³/mol. The summed E-state index contributed by atoms with van der Waals surface area (Å²) in [4.78, 5) is 13.3. The van der Waals surface area contributed by atoms with Crippen LogP contribution in [0.3, 0.4) is 0 Å². The smallest absolute Gasteiger partial charge is 0.196 e. The van der Waals surface area contributed by atoms with Gasteiger partial charge in [0.05, 0.1) is 11.4 Å². The Kier molecular flexibility index (Phi) is 4.19. The van der Waals surface area contributed by atoms with Crippen LogP contribution in [-0.4, -0.2) is 26.3 Å². The highest BCUT2D eigenvalue weighted by molar-refractivity contribution is 7.99. The number of thioether (sulfide) groups is 1. The first-order chi connectivity index (χ1) is 13.0. The van der Waals surface area contributed by atoms with Crippen LogP contribution in [0.4, 0.5) is 0 Å². The molecule has 0 atom stereocenters. The summed E-state index contributed by atoms with van der Waals surface area (Å²) in [6, 6.07) is 6.39. The first-order valence-electron chi connectivity index (χ1n) is 10.2. The molecule has 4 saturated carbocycles. The maximum absolute atomic E-state index is 13.3. The van der Waals surface area contributed by atoms with Crippen LogP contribution >= 0.6 is 11.8 Å². The Morgan fingerprint density at radius 1 is 1.15 bits per heavy atom. The van der Waals surface area contributed by atoms with E-state index in [0.29, 0.717) is 11.5 Å². The zero-order chi connectivity index (χ0) is 18.6.